The van der Waals surface area contributed by atoms with Gasteiger partial charge in [-0.15, -0.1) is 0 Å². The molecule has 0 spiro atoms. The molecule has 0 aliphatic heterocycles. The summed E-state index contributed by atoms with van der Waals surface area (Å²) in [5.41, 5.74) is 5.08. The smallest absolute Gasteiger partial charge is 0.139 e. The fraction of sp³-hybridized carbons (Fsp3) is 0. The monoisotopic (exact) mass is 400 g/mol. The Hall–Kier alpha value is -4.24. The van der Waals surface area contributed by atoms with Crippen molar-refractivity contribution < 1.29 is 13.9 Å². The zero-order valence-electron chi connectivity index (χ0n) is 16.4. The second-order valence-electron chi connectivity index (χ2n) is 7.98. The highest BCUT2D eigenvalue weighted by Crippen LogP contribution is 2.41. The van der Waals surface area contributed by atoms with Crippen molar-refractivity contribution in [3.8, 4) is 16.9 Å². The Morgan fingerprint density at radius 1 is 0.484 bits per heavy atom. The number of phenols is 1. The third-order valence-corrected chi connectivity index (χ3v) is 6.13. The first-order valence-corrected chi connectivity index (χ1v) is 10.2. The van der Waals surface area contributed by atoms with Gasteiger partial charge in [-0.05, 0) is 64.4 Å². The van der Waals surface area contributed by atoms with Gasteiger partial charge in [0.15, 0.2) is 0 Å². The molecule has 3 heteroatoms. The van der Waals surface area contributed by atoms with E-state index in [1.165, 1.54) is 0 Å². The summed E-state index contributed by atoms with van der Waals surface area (Å²) in [6.45, 7) is 0. The molecule has 0 radical (unpaired) electrons. The minimum Gasteiger partial charge on any atom is -0.507 e. The lowest BCUT2D eigenvalue weighted by atomic mass is 10.00. The van der Waals surface area contributed by atoms with Gasteiger partial charge < -0.3 is 13.9 Å². The molecular weight excluding hydrogens is 384 g/mol. The number of rotatable bonds is 1. The van der Waals surface area contributed by atoms with Gasteiger partial charge in [-0.25, -0.2) is 0 Å². The van der Waals surface area contributed by atoms with Crippen LogP contribution in [0.2, 0.25) is 0 Å². The van der Waals surface area contributed by atoms with Crippen molar-refractivity contribution in [3.05, 3.63) is 91.0 Å². The van der Waals surface area contributed by atoms with Gasteiger partial charge in [0, 0.05) is 16.2 Å². The molecule has 7 aromatic rings. The van der Waals surface area contributed by atoms with Crippen LogP contribution in [0.4, 0.5) is 0 Å². The topological polar surface area (TPSA) is 46.5 Å². The van der Waals surface area contributed by atoms with Crippen LogP contribution in [0.1, 0.15) is 0 Å². The molecule has 0 aliphatic rings. The summed E-state index contributed by atoms with van der Waals surface area (Å²) in [7, 11) is 0. The van der Waals surface area contributed by atoms with Crippen LogP contribution in [-0.4, -0.2) is 5.11 Å². The van der Waals surface area contributed by atoms with E-state index >= 15 is 0 Å². The fourth-order valence-corrected chi connectivity index (χ4v) is 4.64. The number of fused-ring (bicyclic) bond motifs is 7. The van der Waals surface area contributed by atoms with E-state index in [2.05, 4.69) is 30.3 Å². The first kappa shape index (κ1) is 16.5. The van der Waals surface area contributed by atoms with E-state index in [1.54, 1.807) is 0 Å². The predicted octanol–water partition coefficient (Wildman–Crippen LogP) is 8.01. The second kappa shape index (κ2) is 5.89. The predicted molar refractivity (Wildman–Crippen MR) is 126 cm³/mol. The summed E-state index contributed by atoms with van der Waals surface area (Å²) < 4.78 is 12.1. The van der Waals surface area contributed by atoms with E-state index in [9.17, 15) is 5.11 Å². The maximum Gasteiger partial charge on any atom is 0.139 e. The lowest BCUT2D eigenvalue weighted by molar-refractivity contribution is 0.482. The standard InChI is InChI=1S/C28H16O3/c29-23-13-19(18-9-10-25-21(11-18)20-7-3-4-8-24(20)30-25)15-27-28(23)22-12-16-5-1-2-6-17(16)14-26(22)31-27/h1-15,29H. The van der Waals surface area contributed by atoms with Gasteiger partial charge >= 0.3 is 0 Å². The first-order chi connectivity index (χ1) is 15.2. The summed E-state index contributed by atoms with van der Waals surface area (Å²) >= 11 is 0. The molecule has 0 unspecified atom stereocenters. The molecule has 3 nitrogen and oxygen atoms in total. The number of phenolic OH excluding ortho intramolecular Hbond substituents is 1. The van der Waals surface area contributed by atoms with E-state index in [-0.39, 0.29) is 5.75 Å². The van der Waals surface area contributed by atoms with Gasteiger partial charge in [-0.2, -0.15) is 0 Å². The maximum atomic E-state index is 10.9. The molecule has 0 saturated heterocycles. The van der Waals surface area contributed by atoms with Gasteiger partial charge in [-0.1, -0.05) is 48.5 Å². The van der Waals surface area contributed by atoms with E-state index in [0.29, 0.717) is 5.58 Å². The van der Waals surface area contributed by atoms with Crippen molar-refractivity contribution in [3.63, 3.8) is 0 Å². The SMILES string of the molecule is Oc1cc(-c2ccc3oc4ccccc4c3c2)cc2oc3cc4ccccc4cc3c12. The number of benzene rings is 5. The van der Waals surface area contributed by atoms with Crippen LogP contribution in [-0.2, 0) is 0 Å². The van der Waals surface area contributed by atoms with Gasteiger partial charge in [0.2, 0.25) is 0 Å². The van der Waals surface area contributed by atoms with E-state index in [0.717, 1.165) is 60.2 Å². The summed E-state index contributed by atoms with van der Waals surface area (Å²) in [4.78, 5) is 0. The van der Waals surface area contributed by atoms with Crippen LogP contribution in [0, 0.1) is 0 Å². The molecule has 0 bridgehead atoms. The number of furan rings is 2. The van der Waals surface area contributed by atoms with Crippen molar-refractivity contribution in [1.82, 2.24) is 0 Å². The number of aromatic hydroxyl groups is 1. The molecule has 0 saturated carbocycles. The zero-order chi connectivity index (χ0) is 20.5. The third kappa shape index (κ3) is 2.34. The summed E-state index contributed by atoms with van der Waals surface area (Å²) in [6.07, 6.45) is 0. The van der Waals surface area contributed by atoms with Crippen LogP contribution < -0.4 is 0 Å². The molecule has 1 N–H and O–H groups in total. The van der Waals surface area contributed by atoms with Gasteiger partial charge in [0.05, 0.1) is 5.39 Å². The van der Waals surface area contributed by atoms with E-state index in [1.807, 2.05) is 60.7 Å². The summed E-state index contributed by atoms with van der Waals surface area (Å²) in [5, 5.41) is 17.0. The Kier molecular flexibility index (Phi) is 3.15. The van der Waals surface area contributed by atoms with Crippen molar-refractivity contribution >= 4 is 54.6 Å². The first-order valence-electron chi connectivity index (χ1n) is 10.2. The molecular formula is C28H16O3. The average Bonchev–Trinajstić information content (AvgIpc) is 3.34. The average molecular weight is 400 g/mol. The number of hydrogen-bond acceptors (Lipinski definition) is 3. The van der Waals surface area contributed by atoms with Gasteiger partial charge in [-0.3, -0.25) is 0 Å². The highest BCUT2D eigenvalue weighted by Gasteiger charge is 2.15. The summed E-state index contributed by atoms with van der Waals surface area (Å²) in [5.74, 6) is 0.221. The Balaban J connectivity index is 1.48. The van der Waals surface area contributed by atoms with Crippen molar-refractivity contribution in [1.29, 1.82) is 0 Å². The zero-order valence-corrected chi connectivity index (χ0v) is 16.4. The normalized spacial score (nSPS) is 12.0. The molecule has 0 fully saturated rings. The number of para-hydroxylation sites is 1. The second-order valence-corrected chi connectivity index (χ2v) is 7.98. The molecule has 5 aromatic carbocycles. The highest BCUT2D eigenvalue weighted by atomic mass is 16.3. The Morgan fingerprint density at radius 2 is 1.23 bits per heavy atom. The van der Waals surface area contributed by atoms with Crippen LogP contribution in [0.15, 0.2) is 99.8 Å². The van der Waals surface area contributed by atoms with E-state index < -0.39 is 0 Å². The molecule has 7 rings (SSSR count). The van der Waals surface area contributed by atoms with Gasteiger partial charge in [0.25, 0.3) is 0 Å². The maximum absolute atomic E-state index is 10.9. The van der Waals surface area contributed by atoms with Crippen molar-refractivity contribution in [2.45, 2.75) is 0 Å². The molecule has 0 amide bonds. The van der Waals surface area contributed by atoms with Crippen LogP contribution in [0.3, 0.4) is 0 Å². The molecule has 2 heterocycles. The van der Waals surface area contributed by atoms with Crippen LogP contribution in [0.25, 0.3) is 65.8 Å². The van der Waals surface area contributed by atoms with Crippen molar-refractivity contribution in [2.75, 3.05) is 0 Å². The van der Waals surface area contributed by atoms with Crippen molar-refractivity contribution in [2.24, 2.45) is 0 Å². The van der Waals surface area contributed by atoms with Crippen LogP contribution >= 0.6 is 0 Å². The lowest BCUT2D eigenvalue weighted by Crippen LogP contribution is -1.79. The Labute approximate surface area is 176 Å². The molecule has 0 atom stereocenters. The lowest BCUT2D eigenvalue weighted by Gasteiger charge is -2.04. The molecule has 146 valence electrons. The summed E-state index contributed by atoms with van der Waals surface area (Å²) in [6, 6.07) is 30.3. The Morgan fingerprint density at radius 3 is 2.13 bits per heavy atom. The molecule has 31 heavy (non-hydrogen) atoms. The molecule has 0 aliphatic carbocycles. The largest absolute Gasteiger partial charge is 0.507 e. The Bertz CT molecular complexity index is 1800. The minimum absolute atomic E-state index is 0.221. The quantitative estimate of drug-likeness (QED) is 0.303. The highest BCUT2D eigenvalue weighted by molar-refractivity contribution is 6.13. The van der Waals surface area contributed by atoms with Crippen LogP contribution in [0.5, 0.6) is 5.75 Å². The third-order valence-electron chi connectivity index (χ3n) is 6.13. The minimum atomic E-state index is 0.221. The fourth-order valence-electron chi connectivity index (χ4n) is 4.64. The number of hydrogen-bond donors (Lipinski definition) is 1. The van der Waals surface area contributed by atoms with E-state index in [4.69, 9.17) is 8.83 Å². The molecule has 2 aromatic heterocycles. The van der Waals surface area contributed by atoms with Gasteiger partial charge in [0.1, 0.15) is 28.1 Å².